The fraction of sp³-hybridized carbons (Fsp3) is 0.120. The van der Waals surface area contributed by atoms with Crippen molar-refractivity contribution in [1.82, 2.24) is 9.78 Å². The second-order valence-electron chi connectivity index (χ2n) is 7.32. The molecule has 0 atom stereocenters. The van der Waals surface area contributed by atoms with Crippen LogP contribution in [-0.4, -0.2) is 15.7 Å². The van der Waals surface area contributed by atoms with Gasteiger partial charge in [-0.3, -0.25) is 4.79 Å². The number of anilines is 1. The molecule has 4 rings (SSSR count). The van der Waals surface area contributed by atoms with Gasteiger partial charge in [0.05, 0.1) is 17.1 Å². The van der Waals surface area contributed by atoms with Crippen LogP contribution in [0.2, 0.25) is 0 Å². The second kappa shape index (κ2) is 9.60. The molecule has 0 aliphatic heterocycles. The zero-order chi connectivity index (χ0) is 23.4. The molecule has 33 heavy (non-hydrogen) atoms. The maximum absolute atomic E-state index is 14.3. The van der Waals surface area contributed by atoms with E-state index in [0.29, 0.717) is 16.9 Å². The maximum Gasteiger partial charge on any atom is 0.226 e. The molecular formula is C25H20F3N3O2. The van der Waals surface area contributed by atoms with E-state index in [1.807, 2.05) is 18.2 Å². The highest BCUT2D eigenvalue weighted by atomic mass is 19.1. The van der Waals surface area contributed by atoms with Crippen LogP contribution in [0.15, 0.2) is 72.8 Å². The number of benzene rings is 3. The van der Waals surface area contributed by atoms with Crippen LogP contribution in [0.3, 0.4) is 0 Å². The van der Waals surface area contributed by atoms with Crippen molar-refractivity contribution in [2.45, 2.75) is 19.8 Å². The molecule has 0 aliphatic carbocycles. The van der Waals surface area contributed by atoms with E-state index in [9.17, 15) is 18.0 Å². The van der Waals surface area contributed by atoms with E-state index in [2.05, 4.69) is 10.4 Å². The van der Waals surface area contributed by atoms with Crippen molar-refractivity contribution in [3.8, 4) is 17.3 Å². The summed E-state index contributed by atoms with van der Waals surface area (Å²) in [6.45, 7) is 1.75. The van der Waals surface area contributed by atoms with Crippen molar-refractivity contribution in [3.63, 3.8) is 0 Å². The third-order valence-corrected chi connectivity index (χ3v) is 4.99. The minimum Gasteiger partial charge on any atom is -0.436 e. The number of carbonyl (C=O) groups is 1. The first-order valence-corrected chi connectivity index (χ1v) is 10.2. The minimum atomic E-state index is -0.864. The number of hydrogen-bond donors (Lipinski definition) is 1. The molecule has 4 aromatic rings. The van der Waals surface area contributed by atoms with Gasteiger partial charge in [-0.1, -0.05) is 30.3 Å². The minimum absolute atomic E-state index is 0.0118. The lowest BCUT2D eigenvalue weighted by Gasteiger charge is -2.12. The van der Waals surface area contributed by atoms with Gasteiger partial charge in [-0.05, 0) is 49.7 Å². The van der Waals surface area contributed by atoms with E-state index in [4.69, 9.17) is 4.74 Å². The van der Waals surface area contributed by atoms with Gasteiger partial charge in [-0.2, -0.15) is 5.10 Å². The zero-order valence-corrected chi connectivity index (χ0v) is 17.7. The molecule has 0 spiro atoms. The van der Waals surface area contributed by atoms with Gasteiger partial charge in [-0.15, -0.1) is 0 Å². The van der Waals surface area contributed by atoms with E-state index in [0.717, 1.165) is 12.1 Å². The highest BCUT2D eigenvalue weighted by molar-refractivity contribution is 5.91. The maximum atomic E-state index is 14.3. The summed E-state index contributed by atoms with van der Waals surface area (Å²) >= 11 is 0. The first-order valence-electron chi connectivity index (χ1n) is 10.2. The van der Waals surface area contributed by atoms with E-state index >= 15 is 0 Å². The van der Waals surface area contributed by atoms with Crippen molar-refractivity contribution in [1.29, 1.82) is 0 Å². The molecule has 0 radical (unpaired) electrons. The number of halogens is 3. The smallest absolute Gasteiger partial charge is 0.226 e. The molecule has 5 nitrogen and oxygen atoms in total. The summed E-state index contributed by atoms with van der Waals surface area (Å²) in [6, 6.07) is 18.0. The Morgan fingerprint density at radius 3 is 2.42 bits per heavy atom. The Morgan fingerprint density at radius 2 is 1.70 bits per heavy atom. The normalized spacial score (nSPS) is 10.8. The van der Waals surface area contributed by atoms with Gasteiger partial charge in [0.1, 0.15) is 11.6 Å². The number of nitrogens with one attached hydrogen (secondary N) is 1. The van der Waals surface area contributed by atoms with Crippen LogP contribution in [0, 0.1) is 24.4 Å². The van der Waals surface area contributed by atoms with Crippen molar-refractivity contribution < 1.29 is 22.7 Å². The van der Waals surface area contributed by atoms with E-state index in [-0.39, 0.29) is 30.2 Å². The topological polar surface area (TPSA) is 56.2 Å². The van der Waals surface area contributed by atoms with E-state index < -0.39 is 23.4 Å². The number of nitrogens with zero attached hydrogens (tertiary/aromatic N) is 2. The molecule has 3 aromatic carbocycles. The van der Waals surface area contributed by atoms with Gasteiger partial charge in [-0.25, -0.2) is 17.9 Å². The summed E-state index contributed by atoms with van der Waals surface area (Å²) in [5, 5.41) is 7.04. The second-order valence-corrected chi connectivity index (χ2v) is 7.32. The quantitative estimate of drug-likeness (QED) is 0.377. The Hall–Kier alpha value is -4.07. The third-order valence-electron chi connectivity index (χ3n) is 4.99. The number of amides is 1. The molecule has 0 unspecified atom stereocenters. The number of aryl methyl sites for hydroxylation is 1. The highest BCUT2D eigenvalue weighted by Gasteiger charge is 2.21. The van der Waals surface area contributed by atoms with Crippen LogP contribution in [-0.2, 0) is 11.2 Å². The summed E-state index contributed by atoms with van der Waals surface area (Å²) in [4.78, 5) is 12.4. The average molecular weight is 451 g/mol. The Morgan fingerprint density at radius 1 is 0.970 bits per heavy atom. The SMILES string of the molecule is Cc1nn(-c2ccccc2)c(Oc2ccc(F)cc2F)c1CCC(=O)Nc1ccccc1F. The van der Waals surface area contributed by atoms with Gasteiger partial charge < -0.3 is 10.1 Å². The number of ether oxygens (including phenoxy) is 1. The number of carbonyl (C=O) groups excluding carboxylic acids is 1. The molecule has 0 fully saturated rings. The molecule has 1 heterocycles. The molecular weight excluding hydrogens is 431 g/mol. The zero-order valence-electron chi connectivity index (χ0n) is 17.7. The molecule has 0 saturated carbocycles. The first-order chi connectivity index (χ1) is 15.9. The molecule has 168 valence electrons. The Bertz CT molecular complexity index is 1290. The highest BCUT2D eigenvalue weighted by Crippen LogP contribution is 2.33. The third kappa shape index (κ3) is 5.06. The van der Waals surface area contributed by atoms with Crippen LogP contribution < -0.4 is 10.1 Å². The number of para-hydroxylation sites is 2. The molecule has 0 saturated heterocycles. The monoisotopic (exact) mass is 451 g/mol. The molecule has 1 amide bonds. The van der Waals surface area contributed by atoms with Crippen LogP contribution in [0.25, 0.3) is 5.69 Å². The van der Waals surface area contributed by atoms with E-state index in [1.165, 1.54) is 28.9 Å². The molecule has 1 aromatic heterocycles. The van der Waals surface area contributed by atoms with Crippen LogP contribution in [0.4, 0.5) is 18.9 Å². The van der Waals surface area contributed by atoms with Crippen LogP contribution in [0.1, 0.15) is 17.7 Å². The van der Waals surface area contributed by atoms with Gasteiger partial charge in [0.25, 0.3) is 0 Å². The first kappa shape index (κ1) is 22.1. The van der Waals surface area contributed by atoms with Crippen LogP contribution >= 0.6 is 0 Å². The fourth-order valence-electron chi connectivity index (χ4n) is 3.35. The van der Waals surface area contributed by atoms with Crippen molar-refractivity contribution >= 4 is 11.6 Å². The summed E-state index contributed by atoms with van der Waals surface area (Å²) in [6.07, 6.45) is 0.217. The van der Waals surface area contributed by atoms with Gasteiger partial charge in [0.15, 0.2) is 11.6 Å². The lowest BCUT2D eigenvalue weighted by Crippen LogP contribution is -2.13. The van der Waals surface area contributed by atoms with Crippen molar-refractivity contribution in [3.05, 3.63) is 102 Å². The summed E-state index contributed by atoms with van der Waals surface area (Å²) < 4.78 is 48.8. The summed E-state index contributed by atoms with van der Waals surface area (Å²) in [5.41, 5.74) is 1.91. The number of aromatic nitrogens is 2. The Balaban J connectivity index is 1.63. The fourth-order valence-corrected chi connectivity index (χ4v) is 3.35. The Kier molecular flexibility index (Phi) is 6.44. The Labute approximate surface area is 188 Å². The van der Waals surface area contributed by atoms with E-state index in [1.54, 1.807) is 25.1 Å². The molecule has 1 N–H and O–H groups in total. The summed E-state index contributed by atoms with van der Waals surface area (Å²) in [5.74, 6) is -2.48. The van der Waals surface area contributed by atoms with Gasteiger partial charge in [0.2, 0.25) is 11.8 Å². The number of hydrogen-bond acceptors (Lipinski definition) is 3. The van der Waals surface area contributed by atoms with Crippen molar-refractivity contribution in [2.24, 2.45) is 0 Å². The van der Waals surface area contributed by atoms with Gasteiger partial charge in [0, 0.05) is 18.1 Å². The molecule has 0 bridgehead atoms. The predicted molar refractivity (Wildman–Crippen MR) is 118 cm³/mol. The number of rotatable bonds is 7. The van der Waals surface area contributed by atoms with Crippen LogP contribution in [0.5, 0.6) is 11.6 Å². The standard InChI is InChI=1S/C25H20F3N3O2/c1-16-19(12-14-24(32)29-22-10-6-5-9-20(22)27)25(31(30-16)18-7-3-2-4-8-18)33-23-13-11-17(26)15-21(23)28/h2-11,13,15H,12,14H2,1H3,(H,29,32). The summed E-state index contributed by atoms with van der Waals surface area (Å²) in [7, 11) is 0. The molecule has 8 heteroatoms. The lowest BCUT2D eigenvalue weighted by molar-refractivity contribution is -0.116. The largest absolute Gasteiger partial charge is 0.436 e. The lowest BCUT2D eigenvalue weighted by atomic mass is 10.1. The van der Waals surface area contributed by atoms with Gasteiger partial charge >= 0.3 is 0 Å². The average Bonchev–Trinajstić information content (AvgIpc) is 3.11. The van der Waals surface area contributed by atoms with Crippen molar-refractivity contribution in [2.75, 3.05) is 5.32 Å². The predicted octanol–water partition coefficient (Wildman–Crippen LogP) is 5.96. The molecule has 0 aliphatic rings.